The maximum Gasteiger partial charge on any atom is 0.291 e. The number of aromatic nitrogens is 2. The third kappa shape index (κ3) is 3.73. The molecule has 3 heterocycles. The summed E-state index contributed by atoms with van der Waals surface area (Å²) in [6.45, 7) is 0.956. The number of carbonyl (C=O) groups is 3. The lowest BCUT2D eigenvalue weighted by molar-refractivity contribution is -0.140. The van der Waals surface area contributed by atoms with Crippen LogP contribution in [0.25, 0.3) is 0 Å². The number of ketones is 2. The third-order valence-corrected chi connectivity index (χ3v) is 5.28. The zero-order valence-electron chi connectivity index (χ0n) is 15.4. The molecule has 0 radical (unpaired) electrons. The highest BCUT2D eigenvalue weighted by Crippen LogP contribution is 2.38. The smallest absolute Gasteiger partial charge is 0.291 e. The van der Waals surface area contributed by atoms with Crippen molar-refractivity contribution in [1.82, 2.24) is 14.5 Å². The van der Waals surface area contributed by atoms with Crippen LogP contribution in [0, 0.1) is 5.92 Å². The monoisotopic (exact) mass is 411 g/mol. The van der Waals surface area contributed by atoms with Crippen molar-refractivity contribution in [2.24, 2.45) is 5.92 Å². The maximum absolute atomic E-state index is 13.1. The van der Waals surface area contributed by atoms with E-state index in [0.717, 1.165) is 0 Å². The van der Waals surface area contributed by atoms with Crippen molar-refractivity contribution in [1.29, 1.82) is 0 Å². The highest BCUT2D eigenvalue weighted by Gasteiger charge is 2.52. The van der Waals surface area contributed by atoms with Gasteiger partial charge in [-0.15, -0.1) is 0 Å². The highest BCUT2D eigenvalue weighted by atomic mass is 35.5. The van der Waals surface area contributed by atoms with Gasteiger partial charge in [0.15, 0.2) is 5.78 Å². The molecule has 0 spiro atoms. The number of rotatable bonds is 7. The molecule has 3 aromatic rings. The second kappa shape index (κ2) is 8.05. The molecule has 1 amide bonds. The molecule has 0 N–H and O–H groups in total. The van der Waals surface area contributed by atoms with Crippen molar-refractivity contribution >= 4 is 29.1 Å². The summed E-state index contributed by atoms with van der Waals surface area (Å²) < 4.78 is 7.39. The van der Waals surface area contributed by atoms with E-state index in [2.05, 4.69) is 4.98 Å². The van der Waals surface area contributed by atoms with E-state index in [9.17, 15) is 14.4 Å². The molecule has 4 rings (SSSR count). The van der Waals surface area contributed by atoms with Crippen molar-refractivity contribution < 1.29 is 18.8 Å². The molecule has 0 bridgehead atoms. The number of amides is 1. The first-order chi connectivity index (χ1) is 14.1. The summed E-state index contributed by atoms with van der Waals surface area (Å²) in [5, 5.41) is 0.485. The van der Waals surface area contributed by atoms with Gasteiger partial charge in [-0.3, -0.25) is 14.4 Å². The fourth-order valence-corrected chi connectivity index (χ4v) is 3.77. The molecule has 2 aromatic heterocycles. The minimum Gasteiger partial charge on any atom is -0.467 e. The molecule has 1 saturated heterocycles. The Morgan fingerprint density at radius 2 is 1.93 bits per heavy atom. The van der Waals surface area contributed by atoms with Crippen molar-refractivity contribution in [3.63, 3.8) is 0 Å². The van der Waals surface area contributed by atoms with Crippen LogP contribution < -0.4 is 0 Å². The van der Waals surface area contributed by atoms with Crippen LogP contribution in [-0.4, -0.2) is 38.5 Å². The van der Waals surface area contributed by atoms with E-state index >= 15 is 0 Å². The quantitative estimate of drug-likeness (QED) is 0.338. The molecule has 29 heavy (non-hydrogen) atoms. The Balaban J connectivity index is 1.61. The Kier molecular flexibility index (Phi) is 5.31. The number of halogens is 1. The Hall–Kier alpha value is -3.19. The largest absolute Gasteiger partial charge is 0.467 e. The van der Waals surface area contributed by atoms with E-state index in [1.165, 1.54) is 11.2 Å². The number of Topliss-reactive ketones (excluding diaryl/α,β-unsaturated/α-hetero) is 2. The predicted octanol–water partition coefficient (Wildman–Crippen LogP) is 3.17. The number of nitrogens with zero attached hydrogens (tertiary/aromatic N) is 3. The number of carbonyl (C=O) groups excluding carboxylic acids is 3. The van der Waals surface area contributed by atoms with Gasteiger partial charge in [0.25, 0.3) is 5.91 Å². The molecule has 7 nitrogen and oxygen atoms in total. The van der Waals surface area contributed by atoms with E-state index < -0.39 is 29.4 Å². The number of imidazole rings is 1. The van der Waals surface area contributed by atoms with Crippen molar-refractivity contribution in [2.45, 2.75) is 19.0 Å². The van der Waals surface area contributed by atoms with E-state index in [-0.39, 0.29) is 0 Å². The van der Waals surface area contributed by atoms with E-state index in [4.69, 9.17) is 16.0 Å². The molecule has 1 fully saturated rings. The van der Waals surface area contributed by atoms with Crippen molar-refractivity contribution in [3.05, 3.63) is 77.7 Å². The predicted molar refractivity (Wildman–Crippen MR) is 104 cm³/mol. The maximum atomic E-state index is 13.1. The summed E-state index contributed by atoms with van der Waals surface area (Å²) in [7, 11) is 0. The number of aryl methyl sites for hydroxylation is 1. The van der Waals surface area contributed by atoms with Crippen LogP contribution in [0.4, 0.5) is 0 Å². The zero-order valence-corrected chi connectivity index (χ0v) is 16.2. The Morgan fingerprint density at radius 1 is 1.14 bits per heavy atom. The molecular weight excluding hydrogens is 394 g/mol. The average Bonchev–Trinajstić information content (AvgIpc) is 3.46. The van der Waals surface area contributed by atoms with Crippen LogP contribution in [0.1, 0.15) is 28.6 Å². The van der Waals surface area contributed by atoms with E-state index in [1.54, 1.807) is 48.9 Å². The van der Waals surface area contributed by atoms with Gasteiger partial charge in [-0.1, -0.05) is 11.6 Å². The Labute approximate surface area is 171 Å². The van der Waals surface area contributed by atoms with Gasteiger partial charge in [0.1, 0.15) is 17.7 Å². The second-order valence-electron chi connectivity index (χ2n) is 6.83. The molecule has 0 aliphatic carbocycles. The second-order valence-corrected chi connectivity index (χ2v) is 7.26. The van der Waals surface area contributed by atoms with Gasteiger partial charge in [0.2, 0.25) is 5.78 Å². The van der Waals surface area contributed by atoms with Gasteiger partial charge in [0, 0.05) is 36.1 Å². The van der Waals surface area contributed by atoms with Crippen LogP contribution in [0.5, 0.6) is 0 Å². The zero-order chi connectivity index (χ0) is 20.4. The first-order valence-corrected chi connectivity index (χ1v) is 9.58. The topological polar surface area (TPSA) is 85.4 Å². The van der Waals surface area contributed by atoms with Gasteiger partial charge < -0.3 is 13.9 Å². The molecule has 2 atom stereocenters. The standard InChI is InChI=1S/C21H18ClN3O4/c22-15-6-4-14(5-7-15)19(26)17-18(16-3-1-12-29-16)25(21(28)20(17)27)10-2-9-24-11-8-23-13-24/h1,3-8,11-13,17-18H,2,9-10H2. The molecule has 1 aromatic carbocycles. The van der Waals surface area contributed by atoms with Gasteiger partial charge in [-0.25, -0.2) is 4.98 Å². The number of furan rings is 1. The van der Waals surface area contributed by atoms with Crippen LogP contribution in [0.2, 0.25) is 5.02 Å². The lowest BCUT2D eigenvalue weighted by Gasteiger charge is -2.25. The SMILES string of the molecule is O=C1C(=O)N(CCCn2ccnc2)C(c2ccco2)C1C(=O)c1ccc(Cl)cc1. The molecule has 1 aliphatic rings. The van der Waals surface area contributed by atoms with Gasteiger partial charge in [-0.2, -0.15) is 0 Å². The fourth-order valence-electron chi connectivity index (χ4n) is 3.64. The van der Waals surface area contributed by atoms with Crippen LogP contribution in [0.3, 0.4) is 0 Å². The molecule has 8 heteroatoms. The van der Waals surface area contributed by atoms with Gasteiger partial charge >= 0.3 is 0 Å². The van der Waals surface area contributed by atoms with Crippen LogP contribution in [-0.2, 0) is 16.1 Å². The summed E-state index contributed by atoms with van der Waals surface area (Å²) in [6, 6.07) is 8.88. The third-order valence-electron chi connectivity index (χ3n) is 5.03. The number of likely N-dealkylation sites (tertiary alicyclic amines) is 1. The molecule has 0 saturated carbocycles. The highest BCUT2D eigenvalue weighted by molar-refractivity contribution is 6.44. The van der Waals surface area contributed by atoms with Crippen molar-refractivity contribution in [3.8, 4) is 0 Å². The minimum atomic E-state index is -1.15. The number of hydrogen-bond acceptors (Lipinski definition) is 5. The summed E-state index contributed by atoms with van der Waals surface area (Å²) in [4.78, 5) is 44.1. The lowest BCUT2D eigenvalue weighted by Crippen LogP contribution is -2.32. The average molecular weight is 412 g/mol. The first-order valence-electron chi connectivity index (χ1n) is 9.20. The minimum absolute atomic E-state index is 0.318. The van der Waals surface area contributed by atoms with Gasteiger partial charge in [0.05, 0.1) is 12.6 Å². The molecule has 2 unspecified atom stereocenters. The lowest BCUT2D eigenvalue weighted by atomic mass is 9.89. The van der Waals surface area contributed by atoms with Crippen molar-refractivity contribution in [2.75, 3.05) is 6.54 Å². The van der Waals surface area contributed by atoms with E-state index in [0.29, 0.717) is 35.9 Å². The van der Waals surface area contributed by atoms with Crippen LogP contribution >= 0.6 is 11.6 Å². The fraction of sp³-hybridized carbons (Fsp3) is 0.238. The molecule has 1 aliphatic heterocycles. The number of hydrogen-bond donors (Lipinski definition) is 0. The molecular formula is C21H18ClN3O4. The number of benzene rings is 1. The first kappa shape index (κ1) is 19.1. The summed E-state index contributed by atoms with van der Waals surface area (Å²) in [6.07, 6.45) is 7.27. The summed E-state index contributed by atoms with van der Waals surface area (Å²) >= 11 is 5.90. The Bertz CT molecular complexity index is 1010. The van der Waals surface area contributed by atoms with E-state index in [1.807, 2.05) is 10.8 Å². The summed E-state index contributed by atoms with van der Waals surface area (Å²) in [5.74, 6) is -2.53. The summed E-state index contributed by atoms with van der Waals surface area (Å²) in [5.41, 5.74) is 0.331. The van der Waals surface area contributed by atoms with Gasteiger partial charge in [-0.05, 0) is 42.8 Å². The molecule has 148 valence electrons. The Morgan fingerprint density at radius 3 is 2.59 bits per heavy atom. The van der Waals surface area contributed by atoms with Crippen LogP contribution in [0.15, 0.2) is 65.8 Å². The normalized spacial score (nSPS) is 19.1.